The molecule has 0 bridgehead atoms. The van der Waals surface area contributed by atoms with Crippen molar-refractivity contribution in [1.29, 1.82) is 0 Å². The lowest BCUT2D eigenvalue weighted by atomic mass is 10.0. The second-order valence-electron chi connectivity index (χ2n) is 4.67. The molecule has 0 aromatic rings. The molecule has 15 heavy (non-hydrogen) atoms. The Bertz CT molecular complexity index is 167. The van der Waals surface area contributed by atoms with E-state index in [2.05, 4.69) is 19.2 Å². The summed E-state index contributed by atoms with van der Waals surface area (Å²) in [5.74, 6) is 0.581. The van der Waals surface area contributed by atoms with E-state index in [0.29, 0.717) is 32.3 Å². The molecule has 0 aromatic heterocycles. The number of hydrogen-bond donors (Lipinski definition) is 2. The van der Waals surface area contributed by atoms with Gasteiger partial charge in [-0.2, -0.15) is 0 Å². The zero-order valence-electron chi connectivity index (χ0n) is 9.79. The predicted molar refractivity (Wildman–Crippen MR) is 58.9 cm³/mol. The van der Waals surface area contributed by atoms with Crippen LogP contribution in [-0.4, -0.2) is 50.2 Å². The van der Waals surface area contributed by atoms with Crippen LogP contribution in [0.15, 0.2) is 0 Å². The van der Waals surface area contributed by atoms with E-state index in [1.165, 1.54) is 0 Å². The third-order valence-electron chi connectivity index (χ3n) is 2.41. The summed E-state index contributed by atoms with van der Waals surface area (Å²) in [6.45, 7) is 8.27. The van der Waals surface area contributed by atoms with E-state index in [-0.39, 0.29) is 0 Å². The van der Waals surface area contributed by atoms with Crippen LogP contribution < -0.4 is 5.32 Å². The highest BCUT2D eigenvalue weighted by molar-refractivity contribution is 4.84. The van der Waals surface area contributed by atoms with Crippen LogP contribution in [0, 0.1) is 5.92 Å². The molecular formula is C11H23NO3. The molecule has 90 valence electrons. The van der Waals surface area contributed by atoms with Crippen LogP contribution in [0.3, 0.4) is 0 Å². The molecule has 0 amide bonds. The first-order valence-electron chi connectivity index (χ1n) is 5.71. The SMILES string of the molecule is CC(C)COCCNCC1(O)CCOC1. The van der Waals surface area contributed by atoms with E-state index >= 15 is 0 Å². The number of nitrogens with one attached hydrogen (secondary N) is 1. The maximum absolute atomic E-state index is 9.91. The van der Waals surface area contributed by atoms with E-state index in [0.717, 1.165) is 19.6 Å². The second kappa shape index (κ2) is 6.43. The van der Waals surface area contributed by atoms with Crippen molar-refractivity contribution in [3.63, 3.8) is 0 Å². The summed E-state index contributed by atoms with van der Waals surface area (Å²) in [5, 5.41) is 13.1. The van der Waals surface area contributed by atoms with Gasteiger partial charge in [-0.25, -0.2) is 0 Å². The van der Waals surface area contributed by atoms with Gasteiger partial charge in [0.05, 0.1) is 13.2 Å². The lowest BCUT2D eigenvalue weighted by Gasteiger charge is -2.20. The first-order valence-corrected chi connectivity index (χ1v) is 5.71. The van der Waals surface area contributed by atoms with Gasteiger partial charge in [0.15, 0.2) is 0 Å². The largest absolute Gasteiger partial charge is 0.386 e. The summed E-state index contributed by atoms with van der Waals surface area (Å²) in [4.78, 5) is 0. The lowest BCUT2D eigenvalue weighted by Crippen LogP contribution is -2.42. The molecular weight excluding hydrogens is 194 g/mol. The van der Waals surface area contributed by atoms with Crippen LogP contribution in [0.2, 0.25) is 0 Å². The quantitative estimate of drug-likeness (QED) is 0.606. The third kappa shape index (κ3) is 5.47. The molecule has 0 aliphatic carbocycles. The minimum atomic E-state index is -0.655. The molecule has 0 spiro atoms. The summed E-state index contributed by atoms with van der Waals surface area (Å²) in [6.07, 6.45) is 0.729. The van der Waals surface area contributed by atoms with Crippen molar-refractivity contribution in [2.24, 2.45) is 5.92 Å². The summed E-state index contributed by atoms with van der Waals surface area (Å²) < 4.78 is 10.6. The standard InChI is InChI=1S/C11H23NO3/c1-10(2)7-14-6-4-12-8-11(13)3-5-15-9-11/h10,12-13H,3-9H2,1-2H3. The van der Waals surface area contributed by atoms with Crippen molar-refractivity contribution in [2.45, 2.75) is 25.9 Å². The summed E-state index contributed by atoms with van der Waals surface area (Å²) >= 11 is 0. The van der Waals surface area contributed by atoms with Crippen molar-refractivity contribution in [3.8, 4) is 0 Å². The molecule has 1 fully saturated rings. The Morgan fingerprint density at radius 1 is 1.53 bits per heavy atom. The highest BCUT2D eigenvalue weighted by atomic mass is 16.5. The zero-order valence-corrected chi connectivity index (χ0v) is 9.79. The number of aliphatic hydroxyl groups is 1. The van der Waals surface area contributed by atoms with E-state index in [4.69, 9.17) is 9.47 Å². The van der Waals surface area contributed by atoms with Gasteiger partial charge in [-0.15, -0.1) is 0 Å². The molecule has 4 heteroatoms. The minimum Gasteiger partial charge on any atom is -0.386 e. The molecule has 2 N–H and O–H groups in total. The molecule has 1 unspecified atom stereocenters. The van der Waals surface area contributed by atoms with Crippen molar-refractivity contribution in [3.05, 3.63) is 0 Å². The van der Waals surface area contributed by atoms with Crippen LogP contribution in [-0.2, 0) is 9.47 Å². The van der Waals surface area contributed by atoms with Gasteiger partial charge in [-0.1, -0.05) is 13.8 Å². The van der Waals surface area contributed by atoms with E-state index in [9.17, 15) is 5.11 Å². The average Bonchev–Trinajstić information content (AvgIpc) is 2.58. The highest BCUT2D eigenvalue weighted by Crippen LogP contribution is 2.16. The first kappa shape index (κ1) is 12.9. The van der Waals surface area contributed by atoms with Gasteiger partial charge in [0.25, 0.3) is 0 Å². The van der Waals surface area contributed by atoms with Gasteiger partial charge in [0.1, 0.15) is 5.60 Å². The number of hydrogen-bond acceptors (Lipinski definition) is 4. The van der Waals surface area contributed by atoms with Gasteiger partial charge in [-0.3, -0.25) is 0 Å². The van der Waals surface area contributed by atoms with E-state index in [1.807, 2.05) is 0 Å². The van der Waals surface area contributed by atoms with Crippen molar-refractivity contribution in [2.75, 3.05) is 39.5 Å². The minimum absolute atomic E-state index is 0.451. The maximum Gasteiger partial charge on any atom is 0.102 e. The van der Waals surface area contributed by atoms with Crippen LogP contribution >= 0.6 is 0 Å². The highest BCUT2D eigenvalue weighted by Gasteiger charge is 2.31. The van der Waals surface area contributed by atoms with Crippen molar-refractivity contribution < 1.29 is 14.6 Å². The molecule has 1 aliphatic heterocycles. The van der Waals surface area contributed by atoms with Gasteiger partial charge in [-0.05, 0) is 5.92 Å². The Kier molecular flexibility index (Phi) is 5.53. The molecule has 1 atom stereocenters. The van der Waals surface area contributed by atoms with Crippen LogP contribution in [0.1, 0.15) is 20.3 Å². The Balaban J connectivity index is 1.92. The third-order valence-corrected chi connectivity index (χ3v) is 2.41. The molecule has 1 rings (SSSR count). The Morgan fingerprint density at radius 3 is 2.93 bits per heavy atom. The molecule has 0 radical (unpaired) electrons. The smallest absolute Gasteiger partial charge is 0.102 e. The van der Waals surface area contributed by atoms with Crippen LogP contribution in [0.5, 0.6) is 0 Å². The van der Waals surface area contributed by atoms with Gasteiger partial charge < -0.3 is 19.9 Å². The number of ether oxygens (including phenoxy) is 2. The van der Waals surface area contributed by atoms with Crippen molar-refractivity contribution in [1.82, 2.24) is 5.32 Å². The van der Waals surface area contributed by atoms with Gasteiger partial charge in [0, 0.05) is 32.7 Å². The van der Waals surface area contributed by atoms with Gasteiger partial charge >= 0.3 is 0 Å². The maximum atomic E-state index is 9.91. The molecule has 1 saturated heterocycles. The molecule has 0 aromatic carbocycles. The Morgan fingerprint density at radius 2 is 2.33 bits per heavy atom. The molecule has 4 nitrogen and oxygen atoms in total. The summed E-state index contributed by atoms with van der Waals surface area (Å²) in [5.41, 5.74) is -0.655. The fraction of sp³-hybridized carbons (Fsp3) is 1.00. The molecule has 1 heterocycles. The monoisotopic (exact) mass is 217 g/mol. The average molecular weight is 217 g/mol. The van der Waals surface area contributed by atoms with E-state index in [1.54, 1.807) is 0 Å². The summed E-state index contributed by atoms with van der Waals surface area (Å²) in [7, 11) is 0. The van der Waals surface area contributed by atoms with Crippen LogP contribution in [0.25, 0.3) is 0 Å². The normalized spacial score (nSPS) is 26.4. The Labute approximate surface area is 92.0 Å². The first-order chi connectivity index (χ1) is 7.12. The van der Waals surface area contributed by atoms with Crippen molar-refractivity contribution >= 4 is 0 Å². The fourth-order valence-corrected chi connectivity index (χ4v) is 1.52. The zero-order chi connectivity index (χ0) is 11.1. The Hall–Kier alpha value is -0.160. The summed E-state index contributed by atoms with van der Waals surface area (Å²) in [6, 6.07) is 0. The van der Waals surface area contributed by atoms with Gasteiger partial charge in [0.2, 0.25) is 0 Å². The van der Waals surface area contributed by atoms with Crippen LogP contribution in [0.4, 0.5) is 0 Å². The topological polar surface area (TPSA) is 50.7 Å². The molecule has 0 saturated carbocycles. The number of rotatable bonds is 7. The lowest BCUT2D eigenvalue weighted by molar-refractivity contribution is 0.0247. The fourth-order valence-electron chi connectivity index (χ4n) is 1.52. The predicted octanol–water partition coefficient (Wildman–Crippen LogP) is 0.400. The molecule has 1 aliphatic rings. The van der Waals surface area contributed by atoms with E-state index < -0.39 is 5.60 Å². The second-order valence-corrected chi connectivity index (χ2v) is 4.67.